The van der Waals surface area contributed by atoms with Crippen LogP contribution in [0.1, 0.15) is 37.7 Å². The van der Waals surface area contributed by atoms with Crippen LogP contribution in [0, 0.1) is 10.1 Å². The number of hydrogen-bond donors (Lipinski definition) is 1. The van der Waals surface area contributed by atoms with E-state index in [0.717, 1.165) is 12.1 Å². The molecule has 0 heterocycles. The molecule has 116 valence electrons. The second-order valence-electron chi connectivity index (χ2n) is 5.59. The van der Waals surface area contributed by atoms with E-state index < -0.39 is 4.92 Å². The van der Waals surface area contributed by atoms with Crippen LogP contribution in [0.2, 0.25) is 5.02 Å². The predicted molar refractivity (Wildman–Crippen MR) is 89.1 cm³/mol. The summed E-state index contributed by atoms with van der Waals surface area (Å²) >= 11 is 7.77. The smallest absolute Gasteiger partial charge is 0.288 e. The van der Waals surface area contributed by atoms with E-state index in [0.29, 0.717) is 11.3 Å². The number of hydrogen-bond acceptors (Lipinski definition) is 4. The summed E-state index contributed by atoms with van der Waals surface area (Å²) in [5.74, 6) is 0. The zero-order valence-corrected chi connectivity index (χ0v) is 13.8. The summed E-state index contributed by atoms with van der Waals surface area (Å²) in [4.78, 5) is 10.5. The molecule has 0 unspecified atom stereocenters. The summed E-state index contributed by atoms with van der Waals surface area (Å²) < 4.78 is 0.330. The summed E-state index contributed by atoms with van der Waals surface area (Å²) in [6.07, 6.45) is 8.62. The van der Waals surface area contributed by atoms with Crippen LogP contribution >= 0.6 is 23.4 Å². The molecule has 0 spiro atoms. The Morgan fingerprint density at radius 3 is 2.71 bits per heavy atom. The molecule has 0 bridgehead atoms. The average Bonchev–Trinajstić information content (AvgIpc) is 2.49. The standard InChI is InChI=1S/C15H21ClN2O2S/c1-21-15(7-3-2-4-8-15)11-17-10-12-5-6-13(16)14(9-12)18(19)20/h5-6,9,17H,2-4,7-8,10-11H2,1H3. The van der Waals surface area contributed by atoms with Gasteiger partial charge in [0.1, 0.15) is 5.02 Å². The largest absolute Gasteiger partial charge is 0.311 e. The summed E-state index contributed by atoms with van der Waals surface area (Å²) in [6.45, 7) is 1.59. The van der Waals surface area contributed by atoms with Gasteiger partial charge in [0.05, 0.1) is 4.92 Å². The van der Waals surface area contributed by atoms with Crippen LogP contribution in [0.3, 0.4) is 0 Å². The Morgan fingerprint density at radius 1 is 1.38 bits per heavy atom. The van der Waals surface area contributed by atoms with Gasteiger partial charge in [-0.15, -0.1) is 0 Å². The second-order valence-corrected chi connectivity index (χ2v) is 7.28. The maximum Gasteiger partial charge on any atom is 0.288 e. The van der Waals surface area contributed by atoms with Crippen LogP contribution in [-0.4, -0.2) is 22.5 Å². The first kappa shape index (κ1) is 16.6. The van der Waals surface area contributed by atoms with Crippen LogP contribution in [0.15, 0.2) is 18.2 Å². The Hall–Kier alpha value is -0.780. The topological polar surface area (TPSA) is 55.2 Å². The lowest BCUT2D eigenvalue weighted by Gasteiger charge is -2.36. The molecule has 0 aromatic heterocycles. The number of thioether (sulfide) groups is 1. The minimum atomic E-state index is -0.434. The third kappa shape index (κ3) is 4.34. The van der Waals surface area contributed by atoms with Crippen LogP contribution < -0.4 is 5.32 Å². The SMILES string of the molecule is CSC1(CNCc2ccc(Cl)c([N+](=O)[O-])c2)CCCCC1. The first-order chi connectivity index (χ1) is 10.1. The van der Waals surface area contributed by atoms with Gasteiger partial charge in [-0.05, 0) is 30.7 Å². The quantitative estimate of drug-likeness (QED) is 0.621. The predicted octanol–water partition coefficient (Wildman–Crippen LogP) is 4.40. The highest BCUT2D eigenvalue weighted by atomic mass is 35.5. The van der Waals surface area contributed by atoms with Gasteiger partial charge in [-0.2, -0.15) is 11.8 Å². The summed E-state index contributed by atoms with van der Waals surface area (Å²) in [5, 5.41) is 14.5. The Morgan fingerprint density at radius 2 is 2.10 bits per heavy atom. The van der Waals surface area contributed by atoms with Gasteiger partial charge in [-0.25, -0.2) is 0 Å². The zero-order valence-electron chi connectivity index (χ0n) is 12.2. The van der Waals surface area contributed by atoms with Gasteiger partial charge in [0.2, 0.25) is 0 Å². The Balaban J connectivity index is 1.93. The number of nitro benzene ring substituents is 1. The van der Waals surface area contributed by atoms with E-state index in [1.54, 1.807) is 12.1 Å². The van der Waals surface area contributed by atoms with Crippen LogP contribution in [0.5, 0.6) is 0 Å². The molecule has 0 aliphatic heterocycles. The van der Waals surface area contributed by atoms with Crippen molar-refractivity contribution in [3.63, 3.8) is 0 Å². The van der Waals surface area contributed by atoms with Crippen molar-refractivity contribution in [1.29, 1.82) is 0 Å². The number of nitrogens with zero attached hydrogens (tertiary/aromatic N) is 1. The van der Waals surface area contributed by atoms with Crippen molar-refractivity contribution in [2.75, 3.05) is 12.8 Å². The first-order valence-corrected chi connectivity index (χ1v) is 8.85. The molecule has 4 nitrogen and oxygen atoms in total. The molecule has 1 aromatic carbocycles. The van der Waals surface area contributed by atoms with Gasteiger partial charge in [-0.1, -0.05) is 36.9 Å². The van der Waals surface area contributed by atoms with E-state index >= 15 is 0 Å². The molecule has 0 amide bonds. The van der Waals surface area contributed by atoms with E-state index in [1.807, 2.05) is 17.8 Å². The van der Waals surface area contributed by atoms with E-state index in [1.165, 1.54) is 32.1 Å². The van der Waals surface area contributed by atoms with Crippen molar-refractivity contribution in [3.8, 4) is 0 Å². The minimum absolute atomic E-state index is 0.0202. The molecule has 1 aliphatic rings. The van der Waals surface area contributed by atoms with Crippen molar-refractivity contribution in [2.24, 2.45) is 0 Å². The number of nitro groups is 1. The second kappa shape index (κ2) is 7.47. The third-order valence-corrected chi connectivity index (χ3v) is 5.92. The highest BCUT2D eigenvalue weighted by Crippen LogP contribution is 2.38. The number of rotatable bonds is 6. The highest BCUT2D eigenvalue weighted by molar-refractivity contribution is 8.00. The lowest BCUT2D eigenvalue weighted by atomic mass is 9.88. The summed E-state index contributed by atoms with van der Waals surface area (Å²) in [5.41, 5.74) is 0.881. The first-order valence-electron chi connectivity index (χ1n) is 7.25. The maximum atomic E-state index is 10.9. The van der Waals surface area contributed by atoms with Gasteiger partial charge in [0, 0.05) is 23.9 Å². The molecule has 1 N–H and O–H groups in total. The van der Waals surface area contributed by atoms with Crippen LogP contribution in [0.4, 0.5) is 5.69 Å². The van der Waals surface area contributed by atoms with Gasteiger partial charge in [0.25, 0.3) is 5.69 Å². The molecule has 6 heteroatoms. The highest BCUT2D eigenvalue weighted by Gasteiger charge is 2.30. The zero-order chi connectivity index (χ0) is 15.3. The molecule has 1 fully saturated rings. The van der Waals surface area contributed by atoms with E-state index in [-0.39, 0.29) is 10.7 Å². The van der Waals surface area contributed by atoms with Crippen molar-refractivity contribution in [2.45, 2.75) is 43.4 Å². The Bertz CT molecular complexity index is 504. The third-order valence-electron chi connectivity index (χ3n) is 4.18. The summed E-state index contributed by atoms with van der Waals surface area (Å²) in [7, 11) is 0. The normalized spacial score (nSPS) is 17.6. The van der Waals surface area contributed by atoms with Crippen molar-refractivity contribution in [3.05, 3.63) is 38.9 Å². The van der Waals surface area contributed by atoms with E-state index in [4.69, 9.17) is 11.6 Å². The Kier molecular flexibility index (Phi) is 5.90. The number of nitrogens with one attached hydrogen (secondary N) is 1. The average molecular weight is 329 g/mol. The fourth-order valence-corrected chi connectivity index (χ4v) is 4.02. The lowest BCUT2D eigenvalue weighted by Crippen LogP contribution is -2.39. The van der Waals surface area contributed by atoms with Gasteiger partial charge in [-0.3, -0.25) is 10.1 Å². The van der Waals surface area contributed by atoms with Gasteiger partial charge < -0.3 is 5.32 Å². The molecule has 0 atom stereocenters. The van der Waals surface area contributed by atoms with Gasteiger partial charge in [0.15, 0.2) is 0 Å². The van der Waals surface area contributed by atoms with E-state index in [2.05, 4.69) is 11.6 Å². The molecule has 1 aromatic rings. The maximum absolute atomic E-state index is 10.9. The molecule has 2 rings (SSSR count). The van der Waals surface area contributed by atoms with Crippen LogP contribution in [-0.2, 0) is 6.54 Å². The van der Waals surface area contributed by atoms with Gasteiger partial charge >= 0.3 is 0 Å². The number of halogens is 1. The molecule has 0 saturated heterocycles. The van der Waals surface area contributed by atoms with Crippen molar-refractivity contribution < 1.29 is 4.92 Å². The molecule has 1 aliphatic carbocycles. The Labute approximate surface area is 134 Å². The minimum Gasteiger partial charge on any atom is -0.311 e. The molecular weight excluding hydrogens is 308 g/mol. The van der Waals surface area contributed by atoms with Crippen LogP contribution in [0.25, 0.3) is 0 Å². The number of benzene rings is 1. The molecule has 0 radical (unpaired) electrons. The molecule has 21 heavy (non-hydrogen) atoms. The summed E-state index contributed by atoms with van der Waals surface area (Å²) in [6, 6.07) is 5.00. The monoisotopic (exact) mass is 328 g/mol. The van der Waals surface area contributed by atoms with Crippen molar-refractivity contribution in [1.82, 2.24) is 5.32 Å². The van der Waals surface area contributed by atoms with Crippen molar-refractivity contribution >= 4 is 29.1 Å². The fraction of sp³-hybridized carbons (Fsp3) is 0.600. The fourth-order valence-electron chi connectivity index (χ4n) is 2.89. The molecular formula is C15H21ClN2O2S. The lowest BCUT2D eigenvalue weighted by molar-refractivity contribution is -0.384. The molecule has 1 saturated carbocycles. The van der Waals surface area contributed by atoms with E-state index in [9.17, 15) is 10.1 Å².